The molecule has 1 atom stereocenters. The van der Waals surface area contributed by atoms with Gasteiger partial charge in [0.2, 0.25) is 0 Å². The van der Waals surface area contributed by atoms with Gasteiger partial charge in [-0.25, -0.2) is 0 Å². The van der Waals surface area contributed by atoms with Crippen LogP contribution in [0, 0.1) is 5.92 Å². The number of hydrogen-bond acceptors (Lipinski definition) is 3. The zero-order valence-corrected chi connectivity index (χ0v) is 9.83. The third-order valence-corrected chi connectivity index (χ3v) is 2.41. The zero-order chi connectivity index (χ0) is 11.5. The first-order chi connectivity index (χ1) is 7.20. The molecule has 0 saturated heterocycles. The van der Waals surface area contributed by atoms with Crippen LogP contribution in [0.2, 0.25) is 0 Å². The summed E-state index contributed by atoms with van der Waals surface area (Å²) >= 11 is 0. The van der Waals surface area contributed by atoms with E-state index >= 15 is 0 Å². The first-order valence-corrected chi connectivity index (χ1v) is 5.79. The molecule has 0 aliphatic carbocycles. The van der Waals surface area contributed by atoms with Crippen LogP contribution in [0.4, 0.5) is 0 Å². The Balaban J connectivity index is 3.46. The molecule has 0 aromatic rings. The summed E-state index contributed by atoms with van der Waals surface area (Å²) in [7, 11) is 0. The Morgan fingerprint density at radius 3 is 2.53 bits per heavy atom. The summed E-state index contributed by atoms with van der Waals surface area (Å²) in [4.78, 5) is 21.2. The highest BCUT2D eigenvalue weighted by atomic mass is 16.5. The smallest absolute Gasteiger partial charge is 0.302 e. The molecule has 0 aliphatic rings. The molecule has 0 saturated carbocycles. The maximum atomic E-state index is 10.7. The minimum absolute atomic E-state index is 0.0567. The van der Waals surface area contributed by atoms with E-state index in [-0.39, 0.29) is 11.9 Å². The van der Waals surface area contributed by atoms with Crippen LogP contribution in [0.3, 0.4) is 0 Å². The van der Waals surface area contributed by atoms with E-state index in [9.17, 15) is 9.59 Å². The number of carbonyl (C=O) groups is 2. The van der Waals surface area contributed by atoms with E-state index in [0.29, 0.717) is 13.0 Å². The summed E-state index contributed by atoms with van der Waals surface area (Å²) in [6.45, 7) is 3.92. The van der Waals surface area contributed by atoms with Crippen LogP contribution in [0.5, 0.6) is 0 Å². The van der Waals surface area contributed by atoms with Crippen molar-refractivity contribution in [3.63, 3.8) is 0 Å². The van der Waals surface area contributed by atoms with E-state index in [2.05, 4.69) is 6.92 Å². The SMILES string of the molecule is CCCCCCC(C=O)CCOC(C)=O. The highest BCUT2D eigenvalue weighted by Gasteiger charge is 2.07. The molecule has 0 heterocycles. The highest BCUT2D eigenvalue weighted by molar-refractivity contribution is 5.65. The summed E-state index contributed by atoms with van der Waals surface area (Å²) in [5.41, 5.74) is 0. The number of carbonyl (C=O) groups excluding carboxylic acids is 2. The van der Waals surface area contributed by atoms with Crippen molar-refractivity contribution in [3.05, 3.63) is 0 Å². The van der Waals surface area contributed by atoms with Crippen molar-refractivity contribution in [3.8, 4) is 0 Å². The van der Waals surface area contributed by atoms with E-state index in [0.717, 1.165) is 19.1 Å². The summed E-state index contributed by atoms with van der Waals surface area (Å²) < 4.78 is 4.80. The second kappa shape index (κ2) is 9.69. The number of esters is 1. The van der Waals surface area contributed by atoms with Gasteiger partial charge in [-0.2, -0.15) is 0 Å². The minimum atomic E-state index is -0.273. The molecular weight excluding hydrogens is 192 g/mol. The molecule has 0 aromatic heterocycles. The van der Waals surface area contributed by atoms with Gasteiger partial charge in [-0.05, 0) is 12.8 Å². The Hall–Kier alpha value is -0.860. The van der Waals surface area contributed by atoms with E-state index in [1.165, 1.54) is 26.2 Å². The third kappa shape index (κ3) is 9.44. The van der Waals surface area contributed by atoms with Gasteiger partial charge >= 0.3 is 5.97 Å². The number of aldehydes is 1. The van der Waals surface area contributed by atoms with E-state index < -0.39 is 0 Å². The molecule has 3 nitrogen and oxygen atoms in total. The van der Waals surface area contributed by atoms with Gasteiger partial charge in [0.05, 0.1) is 6.61 Å². The van der Waals surface area contributed by atoms with Gasteiger partial charge in [-0.1, -0.05) is 32.6 Å². The lowest BCUT2D eigenvalue weighted by molar-refractivity contribution is -0.141. The Labute approximate surface area is 92.2 Å². The topological polar surface area (TPSA) is 43.4 Å². The van der Waals surface area contributed by atoms with Gasteiger partial charge in [0.1, 0.15) is 6.29 Å². The van der Waals surface area contributed by atoms with Crippen molar-refractivity contribution < 1.29 is 14.3 Å². The molecule has 0 radical (unpaired) electrons. The molecule has 0 bridgehead atoms. The molecule has 88 valence electrons. The highest BCUT2D eigenvalue weighted by Crippen LogP contribution is 2.12. The maximum absolute atomic E-state index is 10.7. The Kier molecular flexibility index (Phi) is 9.13. The molecule has 0 rings (SSSR count). The number of hydrogen-bond donors (Lipinski definition) is 0. The third-order valence-electron chi connectivity index (χ3n) is 2.41. The van der Waals surface area contributed by atoms with Crippen molar-refractivity contribution in [1.82, 2.24) is 0 Å². The summed E-state index contributed by atoms with van der Waals surface area (Å²) in [5, 5.41) is 0. The lowest BCUT2D eigenvalue weighted by Crippen LogP contribution is -2.09. The zero-order valence-electron chi connectivity index (χ0n) is 9.83. The predicted molar refractivity (Wildman–Crippen MR) is 59.6 cm³/mol. The molecular formula is C12H22O3. The lowest BCUT2D eigenvalue weighted by atomic mass is 9.99. The monoisotopic (exact) mass is 214 g/mol. The van der Waals surface area contributed by atoms with Crippen LogP contribution in [-0.2, 0) is 14.3 Å². The van der Waals surface area contributed by atoms with Gasteiger partial charge in [0.25, 0.3) is 0 Å². The standard InChI is InChI=1S/C12H22O3/c1-3-4-5-6-7-12(10-13)8-9-15-11(2)14/h10,12H,3-9H2,1-2H3. The van der Waals surface area contributed by atoms with Gasteiger partial charge in [-0.3, -0.25) is 4.79 Å². The lowest BCUT2D eigenvalue weighted by Gasteiger charge is -2.09. The summed E-state index contributed by atoms with van der Waals surface area (Å²) in [6, 6.07) is 0. The number of unbranched alkanes of at least 4 members (excludes halogenated alkanes) is 3. The average Bonchev–Trinajstić information content (AvgIpc) is 2.21. The molecule has 3 heteroatoms. The van der Waals surface area contributed by atoms with E-state index in [1.54, 1.807) is 0 Å². The van der Waals surface area contributed by atoms with Crippen LogP contribution in [0.1, 0.15) is 52.4 Å². The van der Waals surface area contributed by atoms with Crippen LogP contribution >= 0.6 is 0 Å². The molecule has 0 fully saturated rings. The van der Waals surface area contributed by atoms with Crippen LogP contribution in [-0.4, -0.2) is 18.9 Å². The number of rotatable bonds is 9. The average molecular weight is 214 g/mol. The van der Waals surface area contributed by atoms with E-state index in [1.807, 2.05) is 0 Å². The fourth-order valence-electron chi connectivity index (χ4n) is 1.47. The van der Waals surface area contributed by atoms with Gasteiger partial charge in [-0.15, -0.1) is 0 Å². The van der Waals surface area contributed by atoms with Crippen molar-refractivity contribution >= 4 is 12.3 Å². The normalized spacial score (nSPS) is 12.1. The molecule has 0 spiro atoms. The molecule has 0 aromatic carbocycles. The molecule has 0 N–H and O–H groups in total. The first-order valence-electron chi connectivity index (χ1n) is 5.79. The van der Waals surface area contributed by atoms with Crippen molar-refractivity contribution in [2.24, 2.45) is 5.92 Å². The predicted octanol–water partition coefficient (Wildman–Crippen LogP) is 2.73. The molecule has 0 aliphatic heterocycles. The second-order valence-corrected chi connectivity index (χ2v) is 3.87. The van der Waals surface area contributed by atoms with Crippen LogP contribution < -0.4 is 0 Å². The fraction of sp³-hybridized carbons (Fsp3) is 0.833. The molecule has 1 unspecified atom stereocenters. The molecule has 15 heavy (non-hydrogen) atoms. The first kappa shape index (κ1) is 14.1. The molecule has 0 amide bonds. The van der Waals surface area contributed by atoms with Gasteiger partial charge in [0.15, 0.2) is 0 Å². The largest absolute Gasteiger partial charge is 0.466 e. The maximum Gasteiger partial charge on any atom is 0.302 e. The fourth-order valence-corrected chi connectivity index (χ4v) is 1.47. The van der Waals surface area contributed by atoms with Crippen LogP contribution in [0.25, 0.3) is 0 Å². The Morgan fingerprint density at radius 1 is 1.27 bits per heavy atom. The van der Waals surface area contributed by atoms with Crippen molar-refractivity contribution in [1.29, 1.82) is 0 Å². The van der Waals surface area contributed by atoms with Crippen LogP contribution in [0.15, 0.2) is 0 Å². The second-order valence-electron chi connectivity index (χ2n) is 3.87. The summed E-state index contributed by atoms with van der Waals surface area (Å²) in [5.74, 6) is -0.216. The Bertz CT molecular complexity index is 178. The number of ether oxygens (including phenoxy) is 1. The van der Waals surface area contributed by atoms with Crippen molar-refractivity contribution in [2.75, 3.05) is 6.61 Å². The van der Waals surface area contributed by atoms with Crippen molar-refractivity contribution in [2.45, 2.75) is 52.4 Å². The van der Waals surface area contributed by atoms with E-state index in [4.69, 9.17) is 4.74 Å². The minimum Gasteiger partial charge on any atom is -0.466 e. The van der Waals surface area contributed by atoms with Gasteiger partial charge < -0.3 is 9.53 Å². The summed E-state index contributed by atoms with van der Waals surface area (Å²) in [6.07, 6.45) is 7.29. The Morgan fingerprint density at radius 2 is 2.00 bits per heavy atom. The quantitative estimate of drug-likeness (QED) is 0.337. The van der Waals surface area contributed by atoms with Gasteiger partial charge in [0, 0.05) is 12.8 Å².